The summed E-state index contributed by atoms with van der Waals surface area (Å²) in [5, 5.41) is 36.1. The molecule has 14 nitrogen and oxygen atoms in total. The SMILES string of the molecule is O=C(CN1CCN(CC(=O)NC(c2ccccc2)c2ccc(Cl)cc2)CC1)Nc1cccc(F)c1.O=C(O)C(=O)O.O=C(O)C(=O)O. The lowest BCUT2D eigenvalue weighted by Crippen LogP contribution is -2.51. The molecule has 16 heteroatoms. The van der Waals surface area contributed by atoms with Crippen LogP contribution >= 0.6 is 11.6 Å². The van der Waals surface area contributed by atoms with E-state index < -0.39 is 23.9 Å². The molecule has 47 heavy (non-hydrogen) atoms. The number of benzene rings is 3. The summed E-state index contributed by atoms with van der Waals surface area (Å²) in [5.74, 6) is -7.93. The van der Waals surface area contributed by atoms with Crippen molar-refractivity contribution in [1.82, 2.24) is 15.1 Å². The molecule has 0 radical (unpaired) electrons. The Morgan fingerprint density at radius 3 is 1.60 bits per heavy atom. The average molecular weight is 675 g/mol. The van der Waals surface area contributed by atoms with Crippen LogP contribution in [0.2, 0.25) is 5.02 Å². The van der Waals surface area contributed by atoms with Gasteiger partial charge < -0.3 is 31.1 Å². The Morgan fingerprint density at radius 1 is 0.660 bits per heavy atom. The van der Waals surface area contributed by atoms with Crippen molar-refractivity contribution in [3.8, 4) is 0 Å². The second kappa shape index (κ2) is 19.2. The summed E-state index contributed by atoms with van der Waals surface area (Å²) in [5.41, 5.74) is 2.40. The molecule has 0 aliphatic carbocycles. The Bertz CT molecular complexity index is 1490. The Morgan fingerprint density at radius 2 is 1.13 bits per heavy atom. The quantitative estimate of drug-likeness (QED) is 0.190. The van der Waals surface area contributed by atoms with Gasteiger partial charge in [-0.3, -0.25) is 19.4 Å². The molecular weight excluding hydrogens is 643 g/mol. The van der Waals surface area contributed by atoms with E-state index in [1.54, 1.807) is 12.1 Å². The minimum atomic E-state index is -1.82. The number of carboxylic acids is 4. The maximum absolute atomic E-state index is 13.3. The normalized spacial score (nSPS) is 13.3. The number of hydrogen-bond donors (Lipinski definition) is 6. The summed E-state index contributed by atoms with van der Waals surface area (Å²) in [6.07, 6.45) is 0. The van der Waals surface area contributed by atoms with Gasteiger partial charge in [-0.25, -0.2) is 23.6 Å². The molecule has 0 saturated carbocycles. The molecule has 0 aromatic heterocycles. The van der Waals surface area contributed by atoms with Crippen molar-refractivity contribution in [2.75, 3.05) is 44.6 Å². The molecule has 6 N–H and O–H groups in total. The van der Waals surface area contributed by atoms with E-state index in [0.29, 0.717) is 36.9 Å². The molecule has 1 atom stereocenters. The molecule has 0 bridgehead atoms. The van der Waals surface area contributed by atoms with Crippen molar-refractivity contribution < 1.29 is 53.6 Å². The van der Waals surface area contributed by atoms with Crippen molar-refractivity contribution in [3.63, 3.8) is 0 Å². The highest BCUT2D eigenvalue weighted by atomic mass is 35.5. The molecule has 3 aromatic carbocycles. The Balaban J connectivity index is 0.000000546. The summed E-state index contributed by atoms with van der Waals surface area (Å²) in [4.78, 5) is 65.8. The van der Waals surface area contributed by atoms with Gasteiger partial charge in [0.05, 0.1) is 19.1 Å². The third kappa shape index (κ3) is 14.5. The number of carbonyl (C=O) groups excluding carboxylic acids is 2. The molecule has 0 spiro atoms. The topological polar surface area (TPSA) is 214 Å². The Labute approximate surface area is 273 Å². The van der Waals surface area contributed by atoms with E-state index >= 15 is 0 Å². The molecule has 3 aromatic rings. The lowest BCUT2D eigenvalue weighted by molar-refractivity contribution is -0.159. The van der Waals surface area contributed by atoms with Crippen LogP contribution in [-0.4, -0.2) is 105 Å². The van der Waals surface area contributed by atoms with Gasteiger partial charge in [0.15, 0.2) is 0 Å². The molecular formula is C31H32ClFN4O10. The average Bonchev–Trinajstić information content (AvgIpc) is 3.02. The van der Waals surface area contributed by atoms with E-state index in [9.17, 15) is 14.0 Å². The second-order valence-electron chi connectivity index (χ2n) is 9.79. The Hall–Kier alpha value is -5.38. The van der Waals surface area contributed by atoms with Crippen molar-refractivity contribution in [2.45, 2.75) is 6.04 Å². The lowest BCUT2D eigenvalue weighted by atomic mass is 9.98. The highest BCUT2D eigenvalue weighted by Crippen LogP contribution is 2.23. The number of nitrogens with one attached hydrogen (secondary N) is 2. The van der Waals surface area contributed by atoms with Gasteiger partial charge in [-0.15, -0.1) is 0 Å². The smallest absolute Gasteiger partial charge is 0.414 e. The summed E-state index contributed by atoms with van der Waals surface area (Å²) >= 11 is 6.05. The first-order valence-electron chi connectivity index (χ1n) is 13.8. The number of amides is 2. The third-order valence-corrected chi connectivity index (χ3v) is 6.57. The van der Waals surface area contributed by atoms with Crippen LogP contribution in [0.5, 0.6) is 0 Å². The van der Waals surface area contributed by atoms with E-state index in [1.165, 1.54) is 12.1 Å². The molecule has 1 aliphatic heterocycles. The third-order valence-electron chi connectivity index (χ3n) is 6.32. The van der Waals surface area contributed by atoms with Crippen LogP contribution in [0.4, 0.5) is 10.1 Å². The van der Waals surface area contributed by atoms with Crippen molar-refractivity contribution in [3.05, 3.63) is 101 Å². The van der Waals surface area contributed by atoms with Crippen LogP contribution in [0.3, 0.4) is 0 Å². The van der Waals surface area contributed by atoms with Crippen LogP contribution < -0.4 is 10.6 Å². The number of piperazine rings is 1. The molecule has 1 heterocycles. The van der Waals surface area contributed by atoms with Crippen LogP contribution in [0, 0.1) is 5.82 Å². The molecule has 2 amide bonds. The monoisotopic (exact) mass is 674 g/mol. The van der Waals surface area contributed by atoms with Crippen LogP contribution in [0.1, 0.15) is 17.2 Å². The van der Waals surface area contributed by atoms with E-state index in [0.717, 1.165) is 11.1 Å². The maximum atomic E-state index is 13.3. The Kier molecular flexibility index (Phi) is 15.4. The van der Waals surface area contributed by atoms with Crippen LogP contribution in [0.25, 0.3) is 0 Å². The fourth-order valence-electron chi connectivity index (χ4n) is 4.14. The standard InChI is InChI=1S/C27H28ClFN4O2.2C2H2O4/c28-22-11-9-21(10-12-22)27(20-5-2-1-3-6-20)31-26(35)19-33-15-13-32(14-16-33)18-25(34)30-24-8-4-7-23(29)17-24;2*3-1(4)2(5)6/h1-12,17,27H,13-16,18-19H2,(H,30,34)(H,31,35);2*(H,3,4)(H,5,6). The highest BCUT2D eigenvalue weighted by Gasteiger charge is 2.23. The van der Waals surface area contributed by atoms with Crippen LogP contribution in [0.15, 0.2) is 78.9 Å². The summed E-state index contributed by atoms with van der Waals surface area (Å²) in [6.45, 7) is 3.20. The number of anilines is 1. The second-order valence-corrected chi connectivity index (χ2v) is 10.2. The van der Waals surface area contributed by atoms with Gasteiger partial charge in [0.1, 0.15) is 5.82 Å². The van der Waals surface area contributed by atoms with Crippen LogP contribution in [-0.2, 0) is 28.8 Å². The van der Waals surface area contributed by atoms with E-state index in [4.69, 9.17) is 51.2 Å². The van der Waals surface area contributed by atoms with Crippen molar-refractivity contribution in [1.29, 1.82) is 0 Å². The summed E-state index contributed by atoms with van der Waals surface area (Å²) in [7, 11) is 0. The molecule has 4 rings (SSSR count). The predicted molar refractivity (Wildman–Crippen MR) is 166 cm³/mol. The molecule has 1 aliphatic rings. The van der Waals surface area contributed by atoms with Gasteiger partial charge in [-0.05, 0) is 41.5 Å². The maximum Gasteiger partial charge on any atom is 0.414 e. The minimum absolute atomic E-state index is 0.0638. The molecule has 1 fully saturated rings. The number of rotatable bonds is 8. The number of hydrogen-bond acceptors (Lipinski definition) is 8. The van der Waals surface area contributed by atoms with Crippen molar-refractivity contribution in [2.24, 2.45) is 0 Å². The van der Waals surface area contributed by atoms with Gasteiger partial charge >= 0.3 is 23.9 Å². The van der Waals surface area contributed by atoms with E-state index in [1.807, 2.05) is 59.5 Å². The lowest BCUT2D eigenvalue weighted by Gasteiger charge is -2.34. The number of halogens is 2. The fraction of sp³-hybridized carbons (Fsp3) is 0.226. The van der Waals surface area contributed by atoms with E-state index in [2.05, 4.69) is 15.5 Å². The molecule has 1 saturated heterocycles. The van der Waals surface area contributed by atoms with Crippen molar-refractivity contribution >= 4 is 53.0 Å². The van der Waals surface area contributed by atoms with Gasteiger partial charge in [0, 0.05) is 36.9 Å². The zero-order valence-corrected chi connectivity index (χ0v) is 25.5. The first-order chi connectivity index (χ1) is 22.2. The van der Waals surface area contributed by atoms with Gasteiger partial charge in [-0.2, -0.15) is 0 Å². The predicted octanol–water partition coefficient (Wildman–Crippen LogP) is 2.25. The van der Waals surface area contributed by atoms with Gasteiger partial charge in [-0.1, -0.05) is 60.1 Å². The largest absolute Gasteiger partial charge is 0.473 e. The number of carbonyl (C=O) groups is 6. The van der Waals surface area contributed by atoms with Gasteiger partial charge in [0.2, 0.25) is 11.8 Å². The first kappa shape index (κ1) is 37.8. The van der Waals surface area contributed by atoms with Gasteiger partial charge in [0.25, 0.3) is 0 Å². The number of carboxylic acid groups (broad SMARTS) is 4. The first-order valence-corrected chi connectivity index (χ1v) is 14.1. The summed E-state index contributed by atoms with van der Waals surface area (Å²) in [6, 6.07) is 22.9. The zero-order chi connectivity index (χ0) is 34.9. The van der Waals surface area contributed by atoms with E-state index in [-0.39, 0.29) is 36.8 Å². The number of nitrogens with zero attached hydrogens (tertiary/aromatic N) is 2. The zero-order valence-electron chi connectivity index (χ0n) is 24.7. The highest BCUT2D eigenvalue weighted by molar-refractivity contribution is 6.30. The number of aliphatic carboxylic acids is 4. The fourth-order valence-corrected chi connectivity index (χ4v) is 4.27. The summed E-state index contributed by atoms with van der Waals surface area (Å²) < 4.78 is 13.3. The molecule has 250 valence electrons. The minimum Gasteiger partial charge on any atom is -0.473 e. The molecule has 1 unspecified atom stereocenters.